The lowest BCUT2D eigenvalue weighted by Gasteiger charge is -2.21. The molecule has 1 aromatic rings. The molecule has 9 heteroatoms. The van der Waals surface area contributed by atoms with Crippen LogP contribution in [0.4, 0.5) is 5.69 Å². The first-order valence-corrected chi connectivity index (χ1v) is 8.25. The molecule has 21 heavy (non-hydrogen) atoms. The van der Waals surface area contributed by atoms with Gasteiger partial charge in [0.05, 0.1) is 22.8 Å². The Bertz CT molecular complexity index is 634. The zero-order valence-electron chi connectivity index (χ0n) is 11.6. The summed E-state index contributed by atoms with van der Waals surface area (Å²) in [7, 11) is -2.79. The van der Waals surface area contributed by atoms with Crippen molar-refractivity contribution in [3.8, 4) is 0 Å². The number of sulfonamides is 1. The van der Waals surface area contributed by atoms with E-state index in [1.54, 1.807) is 6.92 Å². The minimum Gasteiger partial charge on any atom is -0.468 e. The van der Waals surface area contributed by atoms with E-state index < -0.39 is 22.5 Å². The van der Waals surface area contributed by atoms with Crippen LogP contribution in [0, 0.1) is 0 Å². The van der Waals surface area contributed by atoms with Gasteiger partial charge < -0.3 is 10.5 Å². The molecule has 0 radical (unpaired) electrons. The van der Waals surface area contributed by atoms with Gasteiger partial charge in [0, 0.05) is 6.54 Å². The van der Waals surface area contributed by atoms with Crippen molar-refractivity contribution in [3.05, 3.63) is 22.2 Å². The van der Waals surface area contributed by atoms with Gasteiger partial charge in [-0.25, -0.2) is 8.42 Å². The van der Waals surface area contributed by atoms with E-state index >= 15 is 0 Å². The number of rotatable bonds is 6. The van der Waals surface area contributed by atoms with Crippen molar-refractivity contribution >= 4 is 44.9 Å². The van der Waals surface area contributed by atoms with E-state index in [0.717, 1.165) is 4.31 Å². The van der Waals surface area contributed by atoms with Crippen molar-refractivity contribution in [1.29, 1.82) is 0 Å². The van der Waals surface area contributed by atoms with Crippen LogP contribution in [0.5, 0.6) is 0 Å². The van der Waals surface area contributed by atoms with Gasteiger partial charge in [-0.15, -0.1) is 0 Å². The van der Waals surface area contributed by atoms with Crippen LogP contribution in [0.3, 0.4) is 0 Å². The summed E-state index contributed by atoms with van der Waals surface area (Å²) in [5.41, 5.74) is 5.62. The second-order valence-corrected chi connectivity index (χ2v) is 6.88. The first kappa shape index (κ1) is 18.0. The van der Waals surface area contributed by atoms with E-state index in [4.69, 9.17) is 28.9 Å². The fourth-order valence-corrected chi connectivity index (χ4v) is 3.85. The number of anilines is 1. The van der Waals surface area contributed by atoms with E-state index in [1.807, 2.05) is 0 Å². The zero-order valence-corrected chi connectivity index (χ0v) is 13.9. The monoisotopic (exact) mass is 354 g/mol. The van der Waals surface area contributed by atoms with Crippen LogP contribution in [0.15, 0.2) is 17.0 Å². The van der Waals surface area contributed by atoms with E-state index in [1.165, 1.54) is 19.2 Å². The van der Waals surface area contributed by atoms with E-state index in [2.05, 4.69) is 4.74 Å². The van der Waals surface area contributed by atoms with Crippen LogP contribution in [0.2, 0.25) is 10.0 Å². The van der Waals surface area contributed by atoms with Crippen molar-refractivity contribution < 1.29 is 17.9 Å². The molecule has 0 saturated heterocycles. The summed E-state index contributed by atoms with van der Waals surface area (Å²) in [6, 6.07) is 2.61. The second-order valence-electron chi connectivity index (χ2n) is 4.19. The summed E-state index contributed by atoms with van der Waals surface area (Å²) >= 11 is 11.8. The molecule has 2 N–H and O–H groups in total. The molecular formula is C12H16Cl2N2O4S. The maximum atomic E-state index is 12.6. The van der Waals surface area contributed by atoms with Crippen LogP contribution in [-0.4, -0.2) is 38.9 Å². The van der Waals surface area contributed by atoms with Gasteiger partial charge in [-0.2, -0.15) is 4.31 Å². The highest BCUT2D eigenvalue weighted by molar-refractivity contribution is 7.89. The second kappa shape index (κ2) is 7.31. The van der Waals surface area contributed by atoms with E-state index in [0.29, 0.717) is 6.42 Å². The Hall–Kier alpha value is -1.02. The summed E-state index contributed by atoms with van der Waals surface area (Å²) < 4.78 is 30.7. The lowest BCUT2D eigenvalue weighted by atomic mass is 10.3. The van der Waals surface area contributed by atoms with E-state index in [9.17, 15) is 13.2 Å². The van der Waals surface area contributed by atoms with Crippen molar-refractivity contribution in [3.63, 3.8) is 0 Å². The lowest BCUT2D eigenvalue weighted by Crippen LogP contribution is -2.37. The predicted octanol–water partition coefficient (Wildman–Crippen LogP) is 2.15. The largest absolute Gasteiger partial charge is 0.468 e. The van der Waals surface area contributed by atoms with Crippen molar-refractivity contribution in [2.75, 3.05) is 25.9 Å². The first-order chi connectivity index (χ1) is 9.75. The summed E-state index contributed by atoms with van der Waals surface area (Å²) in [4.78, 5) is 11.2. The Labute approximate surface area is 133 Å². The average Bonchev–Trinajstić information content (AvgIpc) is 2.43. The topological polar surface area (TPSA) is 89.7 Å². The van der Waals surface area contributed by atoms with Gasteiger partial charge in [0.15, 0.2) is 0 Å². The fraction of sp³-hybridized carbons (Fsp3) is 0.417. The highest BCUT2D eigenvalue weighted by atomic mass is 35.5. The maximum Gasteiger partial charge on any atom is 0.321 e. The van der Waals surface area contributed by atoms with Gasteiger partial charge in [-0.05, 0) is 18.6 Å². The van der Waals surface area contributed by atoms with Gasteiger partial charge >= 0.3 is 5.97 Å². The quantitative estimate of drug-likeness (QED) is 0.624. The van der Waals surface area contributed by atoms with Gasteiger partial charge in [-0.3, -0.25) is 4.79 Å². The number of nitrogen functional groups attached to an aromatic ring is 1. The van der Waals surface area contributed by atoms with Crippen molar-refractivity contribution in [2.45, 2.75) is 18.2 Å². The third-order valence-corrected chi connectivity index (χ3v) is 5.45. The summed E-state index contributed by atoms with van der Waals surface area (Å²) in [5, 5.41) is 0.00225. The number of halogens is 2. The molecule has 6 nitrogen and oxygen atoms in total. The minimum atomic E-state index is -3.98. The van der Waals surface area contributed by atoms with Gasteiger partial charge in [-0.1, -0.05) is 30.1 Å². The maximum absolute atomic E-state index is 12.6. The highest BCUT2D eigenvalue weighted by Crippen LogP contribution is 2.34. The number of ether oxygens (including phenoxy) is 1. The molecule has 118 valence electrons. The number of carbonyl (C=O) groups is 1. The third kappa shape index (κ3) is 4.00. The number of nitrogens with two attached hydrogens (primary N) is 1. The van der Waals surface area contributed by atoms with Crippen LogP contribution >= 0.6 is 23.2 Å². The highest BCUT2D eigenvalue weighted by Gasteiger charge is 2.29. The summed E-state index contributed by atoms with van der Waals surface area (Å²) in [6.45, 7) is 1.54. The molecule has 0 saturated carbocycles. The average molecular weight is 355 g/mol. The molecular weight excluding hydrogens is 339 g/mol. The van der Waals surface area contributed by atoms with Crippen LogP contribution < -0.4 is 5.73 Å². The molecule has 0 amide bonds. The first-order valence-electron chi connectivity index (χ1n) is 6.06. The van der Waals surface area contributed by atoms with Crippen molar-refractivity contribution in [2.24, 2.45) is 0 Å². The Balaban J connectivity index is 3.29. The summed E-state index contributed by atoms with van der Waals surface area (Å²) in [5.74, 6) is -0.662. The van der Waals surface area contributed by atoms with Gasteiger partial charge in [0.25, 0.3) is 0 Å². The number of carbonyl (C=O) groups excluding carboxylic acids is 1. The molecule has 0 aromatic heterocycles. The molecule has 0 aliphatic heterocycles. The Morgan fingerprint density at radius 1 is 1.38 bits per heavy atom. The fourth-order valence-electron chi connectivity index (χ4n) is 1.63. The molecule has 0 aliphatic carbocycles. The number of nitrogens with zero attached hydrogens (tertiary/aromatic N) is 1. The number of benzene rings is 1. The standard InChI is InChI=1S/C12H16Cl2N2O4S/c1-3-6-16(7-10(17)20-2)21(18,19)9-5-4-8(13)12(15)11(9)14/h4-5H,3,6-7,15H2,1-2H3. The molecule has 0 heterocycles. The normalized spacial score (nSPS) is 11.7. The third-order valence-electron chi connectivity index (χ3n) is 2.72. The SMILES string of the molecule is CCCN(CC(=O)OC)S(=O)(=O)c1ccc(Cl)c(N)c1Cl. The number of hydrogen-bond acceptors (Lipinski definition) is 5. The minimum absolute atomic E-state index is 0.0195. The number of hydrogen-bond donors (Lipinski definition) is 1. The van der Waals surface area contributed by atoms with Crippen LogP contribution in [0.25, 0.3) is 0 Å². The smallest absolute Gasteiger partial charge is 0.321 e. The number of methoxy groups -OCH3 is 1. The Morgan fingerprint density at radius 2 is 2.00 bits per heavy atom. The Morgan fingerprint density at radius 3 is 2.52 bits per heavy atom. The predicted molar refractivity (Wildman–Crippen MR) is 81.9 cm³/mol. The molecule has 1 rings (SSSR count). The Kier molecular flexibility index (Phi) is 6.27. The van der Waals surface area contributed by atoms with Crippen molar-refractivity contribution in [1.82, 2.24) is 4.31 Å². The van der Waals surface area contributed by atoms with Gasteiger partial charge in [0.1, 0.15) is 11.4 Å². The molecule has 0 unspecified atom stereocenters. The van der Waals surface area contributed by atoms with Crippen LogP contribution in [-0.2, 0) is 19.6 Å². The molecule has 0 spiro atoms. The lowest BCUT2D eigenvalue weighted by molar-refractivity contribution is -0.140. The zero-order chi connectivity index (χ0) is 16.2. The molecule has 1 aromatic carbocycles. The van der Waals surface area contributed by atoms with Crippen LogP contribution in [0.1, 0.15) is 13.3 Å². The van der Waals surface area contributed by atoms with E-state index in [-0.39, 0.29) is 27.2 Å². The molecule has 0 aliphatic rings. The number of esters is 1. The molecule has 0 atom stereocenters. The summed E-state index contributed by atoms with van der Waals surface area (Å²) in [6.07, 6.45) is 0.525. The van der Waals surface area contributed by atoms with Gasteiger partial charge in [0.2, 0.25) is 10.0 Å². The molecule has 0 fully saturated rings. The molecule has 0 bridgehead atoms.